The van der Waals surface area contributed by atoms with Crippen molar-refractivity contribution >= 4 is 22.5 Å². The quantitative estimate of drug-likeness (QED) is 0.153. The van der Waals surface area contributed by atoms with Crippen molar-refractivity contribution in [1.82, 2.24) is 0 Å². The molecule has 0 spiro atoms. The van der Waals surface area contributed by atoms with Crippen molar-refractivity contribution in [3.63, 3.8) is 0 Å². The number of aliphatic hydroxyl groups is 2. The maximum Gasteiger partial charge on any atom is 0.344 e. The predicted molar refractivity (Wildman–Crippen MR) is 128 cm³/mol. The summed E-state index contributed by atoms with van der Waals surface area (Å²) in [5.41, 5.74) is 1.32. The van der Waals surface area contributed by atoms with E-state index >= 15 is 0 Å². The van der Waals surface area contributed by atoms with Crippen LogP contribution >= 0.6 is 0 Å². The molecule has 2 N–H and O–H groups in total. The SMILES string of the molecule is C=CC(=O)OCCCC(O)C(O)CCCOc1ccc2cc(C(/C=C\C)=C/C)c(=O)oc2c1. The first-order chi connectivity index (χ1) is 15.9. The largest absolute Gasteiger partial charge is 0.493 e. The van der Waals surface area contributed by atoms with Crippen molar-refractivity contribution in [2.75, 3.05) is 13.2 Å². The fraction of sp³-hybridized carbons (Fsp3) is 0.385. The van der Waals surface area contributed by atoms with E-state index in [-0.39, 0.29) is 6.61 Å². The number of hydrogen-bond acceptors (Lipinski definition) is 7. The van der Waals surface area contributed by atoms with Gasteiger partial charge in [0.1, 0.15) is 11.3 Å². The molecule has 33 heavy (non-hydrogen) atoms. The summed E-state index contributed by atoms with van der Waals surface area (Å²) in [5.74, 6) is 0.0453. The number of benzene rings is 1. The van der Waals surface area contributed by atoms with Crippen LogP contribution in [0.3, 0.4) is 0 Å². The number of rotatable bonds is 13. The van der Waals surface area contributed by atoms with E-state index in [1.807, 2.05) is 38.1 Å². The molecule has 0 aliphatic rings. The summed E-state index contributed by atoms with van der Waals surface area (Å²) in [5, 5.41) is 20.9. The average Bonchev–Trinajstić information content (AvgIpc) is 2.82. The van der Waals surface area contributed by atoms with Gasteiger partial charge in [-0.3, -0.25) is 0 Å². The number of ether oxygens (including phenoxy) is 2. The van der Waals surface area contributed by atoms with Gasteiger partial charge in [0.05, 0.1) is 31.0 Å². The van der Waals surface area contributed by atoms with E-state index in [9.17, 15) is 19.8 Å². The lowest BCUT2D eigenvalue weighted by molar-refractivity contribution is -0.138. The first-order valence-electron chi connectivity index (χ1n) is 11.0. The monoisotopic (exact) mass is 456 g/mol. The van der Waals surface area contributed by atoms with Crippen LogP contribution < -0.4 is 10.4 Å². The fourth-order valence-corrected chi connectivity index (χ4v) is 3.30. The molecule has 1 aromatic carbocycles. The maximum atomic E-state index is 12.4. The lowest BCUT2D eigenvalue weighted by Crippen LogP contribution is -2.26. The molecule has 7 nitrogen and oxygen atoms in total. The normalized spacial score (nSPS) is 13.8. The molecular weight excluding hydrogens is 424 g/mol. The topological polar surface area (TPSA) is 106 Å². The minimum Gasteiger partial charge on any atom is -0.493 e. The molecule has 0 aliphatic carbocycles. The zero-order chi connectivity index (χ0) is 24.2. The van der Waals surface area contributed by atoms with Gasteiger partial charge < -0.3 is 24.1 Å². The van der Waals surface area contributed by atoms with E-state index in [0.29, 0.717) is 49.2 Å². The van der Waals surface area contributed by atoms with Gasteiger partial charge in [0, 0.05) is 17.5 Å². The van der Waals surface area contributed by atoms with E-state index in [2.05, 4.69) is 6.58 Å². The third-order valence-corrected chi connectivity index (χ3v) is 5.09. The van der Waals surface area contributed by atoms with Crippen molar-refractivity contribution in [3.05, 3.63) is 71.1 Å². The van der Waals surface area contributed by atoms with Crippen molar-refractivity contribution in [3.8, 4) is 5.75 Å². The van der Waals surface area contributed by atoms with Crippen LogP contribution in [0.15, 0.2) is 64.4 Å². The van der Waals surface area contributed by atoms with Crippen LogP contribution in [-0.2, 0) is 9.53 Å². The summed E-state index contributed by atoms with van der Waals surface area (Å²) in [4.78, 5) is 23.4. The highest BCUT2D eigenvalue weighted by Crippen LogP contribution is 2.23. The van der Waals surface area contributed by atoms with E-state index in [0.717, 1.165) is 17.0 Å². The fourth-order valence-electron chi connectivity index (χ4n) is 3.30. The summed E-state index contributed by atoms with van der Waals surface area (Å²) in [6.07, 6.45) is 6.52. The summed E-state index contributed by atoms with van der Waals surface area (Å²) < 4.78 is 16.0. The van der Waals surface area contributed by atoms with E-state index in [1.54, 1.807) is 18.2 Å². The highest BCUT2D eigenvalue weighted by molar-refractivity contribution is 5.84. The van der Waals surface area contributed by atoms with Gasteiger partial charge in [0.15, 0.2) is 0 Å². The molecule has 0 radical (unpaired) electrons. The second-order valence-electron chi connectivity index (χ2n) is 7.53. The summed E-state index contributed by atoms with van der Waals surface area (Å²) in [6, 6.07) is 7.10. The van der Waals surface area contributed by atoms with Gasteiger partial charge in [-0.15, -0.1) is 0 Å². The van der Waals surface area contributed by atoms with Gasteiger partial charge in [0.2, 0.25) is 0 Å². The average molecular weight is 457 g/mol. The third kappa shape index (κ3) is 8.04. The molecule has 1 heterocycles. The third-order valence-electron chi connectivity index (χ3n) is 5.09. The highest BCUT2D eigenvalue weighted by Gasteiger charge is 2.16. The molecule has 2 aromatic rings. The minimum absolute atomic E-state index is 0.169. The molecular formula is C26H32O7. The Bertz CT molecular complexity index is 1050. The molecule has 7 heteroatoms. The second kappa shape index (κ2) is 13.4. The summed E-state index contributed by atoms with van der Waals surface area (Å²) in [6.45, 7) is 7.56. The first-order valence-corrected chi connectivity index (χ1v) is 11.0. The standard InChI is InChI=1S/C26H32O7/c1-4-9-18(5-2)21-16-19-12-13-20(17-24(19)33-26(21)30)31-14-7-10-22(27)23(28)11-8-15-32-25(29)6-3/h4-6,9,12-13,16-17,22-23,27-28H,3,7-8,10-11,14-15H2,1-2H3/b9-4-,18-5+. The van der Waals surface area contributed by atoms with Crippen molar-refractivity contribution in [2.45, 2.75) is 51.7 Å². The zero-order valence-electron chi connectivity index (χ0n) is 19.2. The molecule has 1 aromatic heterocycles. The molecule has 0 saturated heterocycles. The lowest BCUT2D eigenvalue weighted by Gasteiger charge is -2.17. The van der Waals surface area contributed by atoms with Crippen LogP contribution in [0.25, 0.3) is 16.5 Å². The molecule has 2 unspecified atom stereocenters. The zero-order valence-corrected chi connectivity index (χ0v) is 19.2. The Morgan fingerprint density at radius 2 is 1.82 bits per heavy atom. The number of allylic oxidation sites excluding steroid dienone is 4. The Balaban J connectivity index is 1.84. The molecule has 0 saturated carbocycles. The Hall–Kier alpha value is -3.16. The van der Waals surface area contributed by atoms with Crippen LogP contribution in [-0.4, -0.2) is 41.6 Å². The van der Waals surface area contributed by atoms with Crippen molar-refractivity contribution in [1.29, 1.82) is 0 Å². The van der Waals surface area contributed by atoms with Gasteiger partial charge in [-0.25, -0.2) is 9.59 Å². The molecule has 0 bridgehead atoms. The summed E-state index contributed by atoms with van der Waals surface area (Å²) in [7, 11) is 0. The molecule has 0 aliphatic heterocycles. The number of aliphatic hydroxyl groups excluding tert-OH is 2. The van der Waals surface area contributed by atoms with E-state index in [1.165, 1.54) is 0 Å². The Kier molecular flexibility index (Phi) is 10.6. The van der Waals surface area contributed by atoms with Gasteiger partial charge in [-0.1, -0.05) is 24.8 Å². The van der Waals surface area contributed by atoms with Gasteiger partial charge in [-0.05, 0) is 63.3 Å². The number of carbonyl (C=O) groups is 1. The van der Waals surface area contributed by atoms with Crippen LogP contribution in [0.2, 0.25) is 0 Å². The number of hydrogen-bond donors (Lipinski definition) is 2. The lowest BCUT2D eigenvalue weighted by atomic mass is 10.0. The Morgan fingerprint density at radius 1 is 1.12 bits per heavy atom. The highest BCUT2D eigenvalue weighted by atomic mass is 16.5. The Morgan fingerprint density at radius 3 is 2.45 bits per heavy atom. The number of carbonyl (C=O) groups excluding carboxylic acids is 1. The van der Waals surface area contributed by atoms with Crippen LogP contribution in [0.5, 0.6) is 5.75 Å². The molecule has 2 atom stereocenters. The number of esters is 1. The maximum absolute atomic E-state index is 12.4. The minimum atomic E-state index is -0.902. The van der Waals surface area contributed by atoms with Gasteiger partial charge >= 0.3 is 11.6 Å². The van der Waals surface area contributed by atoms with E-state index < -0.39 is 23.8 Å². The van der Waals surface area contributed by atoms with Crippen LogP contribution in [0, 0.1) is 0 Å². The van der Waals surface area contributed by atoms with Crippen LogP contribution in [0.1, 0.15) is 45.1 Å². The Labute approximate surface area is 193 Å². The first kappa shape index (κ1) is 26.1. The predicted octanol–water partition coefficient (Wildman–Crippen LogP) is 4.16. The molecule has 0 fully saturated rings. The van der Waals surface area contributed by atoms with Crippen LogP contribution in [0.4, 0.5) is 0 Å². The number of fused-ring (bicyclic) bond motifs is 1. The van der Waals surface area contributed by atoms with E-state index in [4.69, 9.17) is 13.9 Å². The second-order valence-corrected chi connectivity index (χ2v) is 7.53. The molecule has 178 valence electrons. The van der Waals surface area contributed by atoms with Gasteiger partial charge in [0.25, 0.3) is 0 Å². The molecule has 2 rings (SSSR count). The van der Waals surface area contributed by atoms with Gasteiger partial charge in [-0.2, -0.15) is 0 Å². The summed E-state index contributed by atoms with van der Waals surface area (Å²) >= 11 is 0. The molecule has 0 amide bonds. The van der Waals surface area contributed by atoms with Crippen molar-refractivity contribution < 1.29 is 28.9 Å². The van der Waals surface area contributed by atoms with Crippen molar-refractivity contribution in [2.24, 2.45) is 0 Å². The smallest absolute Gasteiger partial charge is 0.344 e.